The molecule has 0 saturated carbocycles. The van der Waals surface area contributed by atoms with Gasteiger partial charge in [-0.15, -0.1) is 0 Å². The van der Waals surface area contributed by atoms with Gasteiger partial charge in [0.15, 0.2) is 0 Å². The number of rotatable bonds is 6. The molecule has 0 aliphatic carbocycles. The molecular weight excluding hydrogens is 176 g/mol. The minimum absolute atomic E-state index is 0.101. The van der Waals surface area contributed by atoms with Gasteiger partial charge in [-0.2, -0.15) is 0 Å². The van der Waals surface area contributed by atoms with Crippen LogP contribution in [0.4, 0.5) is 0 Å². The highest BCUT2D eigenvalue weighted by atomic mass is 16.5. The maximum Gasteiger partial charge on any atom is 0.0576 e. The number of ether oxygens (including phenoxy) is 1. The molecule has 0 amide bonds. The first-order valence-corrected chi connectivity index (χ1v) is 5.98. The molecular formula is C12H24O2. The van der Waals surface area contributed by atoms with Crippen LogP contribution in [0.1, 0.15) is 52.4 Å². The molecule has 1 saturated heterocycles. The largest absolute Gasteiger partial charge is 0.393 e. The summed E-state index contributed by atoms with van der Waals surface area (Å²) in [6.07, 6.45) is 6.95. The second-order valence-electron chi connectivity index (χ2n) is 4.85. The monoisotopic (exact) mass is 200 g/mol. The van der Waals surface area contributed by atoms with Crippen molar-refractivity contribution in [2.45, 2.75) is 64.6 Å². The Bertz CT molecular complexity index is 139. The summed E-state index contributed by atoms with van der Waals surface area (Å²) in [5.41, 5.74) is 0. The molecule has 1 aliphatic rings. The molecule has 14 heavy (non-hydrogen) atoms. The minimum Gasteiger partial charge on any atom is -0.393 e. The van der Waals surface area contributed by atoms with Crippen LogP contribution in [0, 0.1) is 5.92 Å². The average molecular weight is 200 g/mol. The SMILES string of the molecule is CC(C)CC(O)CCCC1CCCO1. The Labute approximate surface area is 87.7 Å². The van der Waals surface area contributed by atoms with Gasteiger partial charge in [-0.25, -0.2) is 0 Å². The van der Waals surface area contributed by atoms with Crippen LogP contribution in [0.15, 0.2) is 0 Å². The smallest absolute Gasteiger partial charge is 0.0576 e. The van der Waals surface area contributed by atoms with Crippen molar-refractivity contribution in [3.63, 3.8) is 0 Å². The number of aliphatic hydroxyl groups is 1. The van der Waals surface area contributed by atoms with Gasteiger partial charge < -0.3 is 9.84 Å². The minimum atomic E-state index is -0.101. The van der Waals surface area contributed by atoms with E-state index in [1.807, 2.05) is 0 Å². The Morgan fingerprint density at radius 2 is 2.21 bits per heavy atom. The zero-order valence-electron chi connectivity index (χ0n) is 9.54. The predicted molar refractivity (Wildman–Crippen MR) is 58.3 cm³/mol. The van der Waals surface area contributed by atoms with Gasteiger partial charge in [0.25, 0.3) is 0 Å². The highest BCUT2D eigenvalue weighted by Crippen LogP contribution is 2.19. The van der Waals surface area contributed by atoms with Crippen molar-refractivity contribution in [2.75, 3.05) is 6.61 Å². The Kier molecular flexibility index (Phi) is 5.49. The van der Waals surface area contributed by atoms with E-state index < -0.39 is 0 Å². The molecule has 0 bridgehead atoms. The molecule has 1 N–H and O–H groups in total. The van der Waals surface area contributed by atoms with E-state index in [4.69, 9.17) is 4.74 Å². The summed E-state index contributed by atoms with van der Waals surface area (Å²) in [5, 5.41) is 9.65. The molecule has 2 nitrogen and oxygen atoms in total. The van der Waals surface area contributed by atoms with E-state index in [0.717, 1.165) is 32.3 Å². The predicted octanol–water partition coefficient (Wildman–Crippen LogP) is 2.74. The molecule has 0 spiro atoms. The van der Waals surface area contributed by atoms with Crippen LogP contribution in [-0.2, 0) is 4.74 Å². The standard InChI is InChI=1S/C12H24O2/c1-10(2)9-11(13)5-3-6-12-7-4-8-14-12/h10-13H,3-9H2,1-2H3. The summed E-state index contributed by atoms with van der Waals surface area (Å²) in [5.74, 6) is 0.604. The first-order chi connectivity index (χ1) is 6.68. The molecule has 84 valence electrons. The molecule has 1 aliphatic heterocycles. The average Bonchev–Trinajstić information content (AvgIpc) is 2.55. The highest BCUT2D eigenvalue weighted by molar-refractivity contribution is 4.66. The lowest BCUT2D eigenvalue weighted by Crippen LogP contribution is -2.12. The molecule has 2 unspecified atom stereocenters. The molecule has 1 heterocycles. The van der Waals surface area contributed by atoms with Crippen LogP contribution < -0.4 is 0 Å². The molecule has 0 aromatic heterocycles. The lowest BCUT2D eigenvalue weighted by atomic mass is 10.00. The summed E-state index contributed by atoms with van der Waals surface area (Å²) in [6, 6.07) is 0. The summed E-state index contributed by atoms with van der Waals surface area (Å²) in [6.45, 7) is 5.26. The van der Waals surface area contributed by atoms with Crippen LogP contribution in [0.3, 0.4) is 0 Å². The van der Waals surface area contributed by atoms with Gasteiger partial charge in [0, 0.05) is 6.61 Å². The quantitative estimate of drug-likeness (QED) is 0.714. The van der Waals surface area contributed by atoms with Gasteiger partial charge in [-0.3, -0.25) is 0 Å². The van der Waals surface area contributed by atoms with E-state index in [1.165, 1.54) is 12.8 Å². The van der Waals surface area contributed by atoms with Crippen molar-refractivity contribution in [3.05, 3.63) is 0 Å². The molecule has 0 aromatic carbocycles. The fraction of sp³-hybridized carbons (Fsp3) is 1.00. The van der Waals surface area contributed by atoms with Crippen LogP contribution in [0.25, 0.3) is 0 Å². The van der Waals surface area contributed by atoms with Crippen molar-refractivity contribution >= 4 is 0 Å². The Morgan fingerprint density at radius 1 is 1.43 bits per heavy atom. The zero-order valence-corrected chi connectivity index (χ0v) is 9.54. The normalized spacial score (nSPS) is 24.4. The van der Waals surface area contributed by atoms with Crippen molar-refractivity contribution in [2.24, 2.45) is 5.92 Å². The molecule has 2 heteroatoms. The lowest BCUT2D eigenvalue weighted by molar-refractivity contribution is 0.0910. The Morgan fingerprint density at radius 3 is 2.79 bits per heavy atom. The second kappa shape index (κ2) is 6.41. The van der Waals surface area contributed by atoms with E-state index >= 15 is 0 Å². The topological polar surface area (TPSA) is 29.5 Å². The fourth-order valence-electron chi connectivity index (χ4n) is 2.12. The van der Waals surface area contributed by atoms with E-state index in [1.54, 1.807) is 0 Å². The van der Waals surface area contributed by atoms with Crippen LogP contribution in [0.2, 0.25) is 0 Å². The van der Waals surface area contributed by atoms with Crippen LogP contribution in [-0.4, -0.2) is 23.9 Å². The zero-order chi connectivity index (χ0) is 10.4. The van der Waals surface area contributed by atoms with Gasteiger partial charge in [0.05, 0.1) is 12.2 Å². The summed E-state index contributed by atoms with van der Waals surface area (Å²) in [4.78, 5) is 0. The molecule has 1 rings (SSSR count). The van der Waals surface area contributed by atoms with Crippen molar-refractivity contribution < 1.29 is 9.84 Å². The summed E-state index contributed by atoms with van der Waals surface area (Å²) in [7, 11) is 0. The number of hydrogen-bond acceptors (Lipinski definition) is 2. The highest BCUT2D eigenvalue weighted by Gasteiger charge is 2.15. The van der Waals surface area contributed by atoms with Gasteiger partial charge in [0.2, 0.25) is 0 Å². The van der Waals surface area contributed by atoms with Gasteiger partial charge in [0.1, 0.15) is 0 Å². The molecule has 0 radical (unpaired) electrons. The maximum absolute atomic E-state index is 9.65. The van der Waals surface area contributed by atoms with E-state index in [-0.39, 0.29) is 6.10 Å². The van der Waals surface area contributed by atoms with Crippen LogP contribution >= 0.6 is 0 Å². The molecule has 2 atom stereocenters. The second-order valence-corrected chi connectivity index (χ2v) is 4.85. The van der Waals surface area contributed by atoms with Crippen molar-refractivity contribution in [3.8, 4) is 0 Å². The number of hydrogen-bond donors (Lipinski definition) is 1. The van der Waals surface area contributed by atoms with Crippen molar-refractivity contribution in [1.29, 1.82) is 0 Å². The summed E-state index contributed by atoms with van der Waals surface area (Å²) < 4.78 is 5.53. The third-order valence-electron chi connectivity index (χ3n) is 2.83. The third kappa shape index (κ3) is 4.97. The Balaban J connectivity index is 1.96. The molecule has 0 aromatic rings. The van der Waals surface area contributed by atoms with E-state index in [2.05, 4.69) is 13.8 Å². The van der Waals surface area contributed by atoms with Crippen LogP contribution in [0.5, 0.6) is 0 Å². The van der Waals surface area contributed by atoms with Crippen molar-refractivity contribution in [1.82, 2.24) is 0 Å². The fourth-order valence-corrected chi connectivity index (χ4v) is 2.12. The lowest BCUT2D eigenvalue weighted by Gasteiger charge is -2.14. The Hall–Kier alpha value is -0.0800. The molecule has 1 fully saturated rings. The van der Waals surface area contributed by atoms with E-state index in [0.29, 0.717) is 12.0 Å². The first kappa shape index (κ1) is 12.0. The van der Waals surface area contributed by atoms with Gasteiger partial charge in [-0.1, -0.05) is 13.8 Å². The third-order valence-corrected chi connectivity index (χ3v) is 2.83. The number of aliphatic hydroxyl groups excluding tert-OH is 1. The summed E-state index contributed by atoms with van der Waals surface area (Å²) >= 11 is 0. The first-order valence-electron chi connectivity index (χ1n) is 5.98. The van der Waals surface area contributed by atoms with Gasteiger partial charge >= 0.3 is 0 Å². The maximum atomic E-state index is 9.65. The van der Waals surface area contributed by atoms with Gasteiger partial charge in [-0.05, 0) is 44.4 Å². The van der Waals surface area contributed by atoms with E-state index in [9.17, 15) is 5.11 Å².